The Morgan fingerprint density at radius 3 is 2.59 bits per heavy atom. The third kappa shape index (κ3) is 5.11. The van der Waals surface area contributed by atoms with E-state index in [0.29, 0.717) is 13.2 Å². The summed E-state index contributed by atoms with van der Waals surface area (Å²) in [6.07, 6.45) is 3.57. The molecular weight excluding hydrogens is 348 g/mol. The first kappa shape index (κ1) is 19.0. The summed E-state index contributed by atoms with van der Waals surface area (Å²) in [4.78, 5) is 26.9. The van der Waals surface area contributed by atoms with E-state index in [4.69, 9.17) is 0 Å². The lowest BCUT2D eigenvalue weighted by molar-refractivity contribution is -0.385. The van der Waals surface area contributed by atoms with Crippen LogP contribution in [0, 0.1) is 10.1 Å². The third-order valence-electron chi connectivity index (χ3n) is 4.68. The van der Waals surface area contributed by atoms with Crippen LogP contribution in [0.3, 0.4) is 0 Å². The monoisotopic (exact) mass is 372 g/mol. The number of piperazine rings is 1. The first-order chi connectivity index (χ1) is 13.0. The average molecular weight is 372 g/mol. The number of hydrogen-bond acceptors (Lipinski definition) is 6. The van der Waals surface area contributed by atoms with Gasteiger partial charge < -0.3 is 5.32 Å². The normalized spacial score (nSPS) is 15.6. The van der Waals surface area contributed by atoms with Crippen molar-refractivity contribution in [3.05, 3.63) is 52.3 Å². The van der Waals surface area contributed by atoms with Gasteiger partial charge in [-0.1, -0.05) is 25.1 Å². The highest BCUT2D eigenvalue weighted by atomic mass is 16.6. The number of amides is 1. The van der Waals surface area contributed by atoms with Crippen LogP contribution in [-0.2, 0) is 17.9 Å². The highest BCUT2D eigenvalue weighted by molar-refractivity contribution is 5.93. The van der Waals surface area contributed by atoms with E-state index in [1.54, 1.807) is 4.68 Å². The largest absolute Gasteiger partial charge is 0.325 e. The standard InChI is InChI=1S/C18H24N6O3/c1-2-15-5-3-4-6-17(15)20-18(25)13-21-7-9-22(10-8-21)14-23-12-16(11-19-23)24(26)27/h3-6,11-12H,2,7-10,13-14H2,1H3,(H,20,25). The van der Waals surface area contributed by atoms with Crippen molar-refractivity contribution >= 4 is 17.3 Å². The van der Waals surface area contributed by atoms with Crippen LogP contribution in [-0.4, -0.2) is 63.1 Å². The fraction of sp³-hybridized carbons (Fsp3) is 0.444. The van der Waals surface area contributed by atoms with Gasteiger partial charge in [0.05, 0.1) is 18.1 Å². The van der Waals surface area contributed by atoms with Crippen LogP contribution in [0.1, 0.15) is 12.5 Å². The average Bonchev–Trinajstić information content (AvgIpc) is 3.12. The Labute approximate surface area is 157 Å². The Balaban J connectivity index is 1.44. The molecule has 1 aliphatic rings. The summed E-state index contributed by atoms with van der Waals surface area (Å²) in [5.74, 6) is -0.00736. The van der Waals surface area contributed by atoms with E-state index in [1.165, 1.54) is 12.4 Å². The lowest BCUT2D eigenvalue weighted by Crippen LogP contribution is -2.48. The lowest BCUT2D eigenvalue weighted by atomic mass is 10.1. The van der Waals surface area contributed by atoms with Crippen molar-refractivity contribution in [2.24, 2.45) is 0 Å². The van der Waals surface area contributed by atoms with Gasteiger partial charge in [-0.3, -0.25) is 29.4 Å². The molecule has 1 amide bonds. The van der Waals surface area contributed by atoms with Gasteiger partial charge in [-0.25, -0.2) is 0 Å². The smallest absolute Gasteiger partial charge is 0.307 e. The van der Waals surface area contributed by atoms with E-state index in [9.17, 15) is 14.9 Å². The summed E-state index contributed by atoms with van der Waals surface area (Å²) in [5, 5.41) is 17.7. The summed E-state index contributed by atoms with van der Waals surface area (Å²) in [5.41, 5.74) is 2.01. The molecule has 9 heteroatoms. The van der Waals surface area contributed by atoms with E-state index in [0.717, 1.165) is 43.9 Å². The number of carbonyl (C=O) groups excluding carboxylic acids is 1. The second-order valence-electron chi connectivity index (χ2n) is 6.59. The first-order valence-electron chi connectivity index (χ1n) is 9.04. The molecule has 2 heterocycles. The second-order valence-corrected chi connectivity index (χ2v) is 6.59. The van der Waals surface area contributed by atoms with Crippen molar-refractivity contribution in [2.45, 2.75) is 20.0 Å². The molecule has 1 aliphatic heterocycles. The molecule has 0 radical (unpaired) electrons. The SMILES string of the molecule is CCc1ccccc1NC(=O)CN1CCN(Cn2cc([N+](=O)[O-])cn2)CC1. The Morgan fingerprint density at radius 1 is 1.22 bits per heavy atom. The van der Waals surface area contributed by atoms with Crippen molar-refractivity contribution in [1.29, 1.82) is 0 Å². The van der Waals surface area contributed by atoms with Gasteiger partial charge in [0.25, 0.3) is 0 Å². The zero-order valence-electron chi connectivity index (χ0n) is 15.4. The number of aromatic nitrogens is 2. The molecule has 1 fully saturated rings. The predicted octanol–water partition coefficient (Wildman–Crippen LogP) is 1.57. The van der Waals surface area contributed by atoms with E-state index >= 15 is 0 Å². The van der Waals surface area contributed by atoms with Gasteiger partial charge in [0.1, 0.15) is 12.4 Å². The molecule has 9 nitrogen and oxygen atoms in total. The van der Waals surface area contributed by atoms with E-state index in [1.807, 2.05) is 24.3 Å². The zero-order valence-corrected chi connectivity index (χ0v) is 15.4. The number of aryl methyl sites for hydroxylation is 1. The number of carbonyl (C=O) groups is 1. The molecule has 0 aliphatic carbocycles. The second kappa shape index (κ2) is 8.74. The van der Waals surface area contributed by atoms with Gasteiger partial charge in [0, 0.05) is 31.9 Å². The maximum atomic E-state index is 12.3. The van der Waals surface area contributed by atoms with Crippen molar-refractivity contribution in [1.82, 2.24) is 19.6 Å². The molecule has 3 rings (SSSR count). The molecule has 144 valence electrons. The third-order valence-corrected chi connectivity index (χ3v) is 4.68. The zero-order chi connectivity index (χ0) is 19.2. The van der Waals surface area contributed by atoms with Crippen LogP contribution >= 0.6 is 0 Å². The molecule has 0 unspecified atom stereocenters. The molecule has 0 saturated carbocycles. The maximum absolute atomic E-state index is 12.3. The van der Waals surface area contributed by atoms with Gasteiger partial charge in [0.2, 0.25) is 5.91 Å². The molecule has 0 spiro atoms. The number of nitrogens with zero attached hydrogens (tertiary/aromatic N) is 5. The van der Waals surface area contributed by atoms with Gasteiger partial charge in [-0.05, 0) is 18.1 Å². The Bertz CT molecular complexity index is 798. The molecular formula is C18H24N6O3. The van der Waals surface area contributed by atoms with Crippen molar-refractivity contribution in [3.8, 4) is 0 Å². The number of nitrogens with one attached hydrogen (secondary N) is 1. The fourth-order valence-corrected chi connectivity index (χ4v) is 3.16. The maximum Gasteiger partial charge on any atom is 0.307 e. The minimum absolute atomic E-state index is 0.00216. The number of para-hydroxylation sites is 1. The topological polar surface area (TPSA) is 96.5 Å². The Kier molecular flexibility index (Phi) is 6.15. The summed E-state index contributed by atoms with van der Waals surface area (Å²) in [6, 6.07) is 7.85. The van der Waals surface area contributed by atoms with Crippen LogP contribution < -0.4 is 5.32 Å². The molecule has 0 atom stereocenters. The van der Waals surface area contributed by atoms with E-state index < -0.39 is 4.92 Å². The van der Waals surface area contributed by atoms with Gasteiger partial charge in [0.15, 0.2) is 0 Å². The van der Waals surface area contributed by atoms with Crippen LogP contribution in [0.5, 0.6) is 0 Å². The number of anilines is 1. The number of rotatable bonds is 7. The van der Waals surface area contributed by atoms with Crippen LogP contribution in [0.4, 0.5) is 11.4 Å². The van der Waals surface area contributed by atoms with Crippen molar-refractivity contribution in [3.63, 3.8) is 0 Å². The highest BCUT2D eigenvalue weighted by Gasteiger charge is 2.20. The first-order valence-corrected chi connectivity index (χ1v) is 9.04. The van der Waals surface area contributed by atoms with E-state index in [2.05, 4.69) is 27.1 Å². The molecule has 27 heavy (non-hydrogen) atoms. The molecule has 2 aromatic rings. The van der Waals surface area contributed by atoms with Crippen LogP contribution in [0.2, 0.25) is 0 Å². The van der Waals surface area contributed by atoms with Crippen molar-refractivity contribution < 1.29 is 9.72 Å². The summed E-state index contributed by atoms with van der Waals surface area (Å²) in [6.45, 7) is 6.05. The molecule has 1 aromatic heterocycles. The number of nitro groups is 1. The summed E-state index contributed by atoms with van der Waals surface area (Å²) < 4.78 is 1.57. The molecule has 0 bridgehead atoms. The van der Waals surface area contributed by atoms with Gasteiger partial charge >= 0.3 is 5.69 Å². The number of benzene rings is 1. The van der Waals surface area contributed by atoms with Crippen LogP contribution in [0.25, 0.3) is 0 Å². The van der Waals surface area contributed by atoms with Crippen LogP contribution in [0.15, 0.2) is 36.7 Å². The predicted molar refractivity (Wildman–Crippen MR) is 101 cm³/mol. The van der Waals surface area contributed by atoms with E-state index in [-0.39, 0.29) is 11.6 Å². The fourth-order valence-electron chi connectivity index (χ4n) is 3.16. The number of hydrogen-bond donors (Lipinski definition) is 1. The van der Waals surface area contributed by atoms with Crippen molar-refractivity contribution in [2.75, 3.05) is 38.0 Å². The Morgan fingerprint density at radius 2 is 1.93 bits per heavy atom. The molecule has 1 saturated heterocycles. The molecule has 1 aromatic carbocycles. The summed E-state index contributed by atoms with van der Waals surface area (Å²) >= 11 is 0. The van der Waals surface area contributed by atoms with Gasteiger partial charge in [-0.2, -0.15) is 5.10 Å². The minimum atomic E-state index is -0.448. The lowest BCUT2D eigenvalue weighted by Gasteiger charge is -2.34. The van der Waals surface area contributed by atoms with Gasteiger partial charge in [-0.15, -0.1) is 0 Å². The highest BCUT2D eigenvalue weighted by Crippen LogP contribution is 2.15. The summed E-state index contributed by atoms with van der Waals surface area (Å²) in [7, 11) is 0. The quantitative estimate of drug-likeness (QED) is 0.585. The Hall–Kier alpha value is -2.78. The molecule has 1 N–H and O–H groups in total. The minimum Gasteiger partial charge on any atom is -0.325 e.